The molecule has 2 aromatic carbocycles. The molecule has 1 saturated carbocycles. The molecule has 6 heteroatoms. The highest BCUT2D eigenvalue weighted by Crippen LogP contribution is 2.38. The maximum atomic E-state index is 14.1. The highest BCUT2D eigenvalue weighted by atomic mass is 19.1. The van der Waals surface area contributed by atoms with E-state index >= 15 is 0 Å². The number of amides is 1. The molecule has 0 aromatic heterocycles. The third-order valence-corrected chi connectivity index (χ3v) is 6.72. The molecule has 1 heterocycles. The van der Waals surface area contributed by atoms with Gasteiger partial charge in [-0.2, -0.15) is 0 Å². The summed E-state index contributed by atoms with van der Waals surface area (Å²) in [5.41, 5.74) is 0.365. The number of hydrogen-bond donors (Lipinski definition) is 2. The van der Waals surface area contributed by atoms with Gasteiger partial charge in [0.2, 0.25) is 0 Å². The summed E-state index contributed by atoms with van der Waals surface area (Å²) in [7, 11) is 0. The van der Waals surface area contributed by atoms with Crippen LogP contribution in [0, 0.1) is 5.82 Å². The van der Waals surface area contributed by atoms with Gasteiger partial charge in [-0.3, -0.25) is 4.79 Å². The van der Waals surface area contributed by atoms with E-state index in [0.29, 0.717) is 12.0 Å². The highest BCUT2D eigenvalue weighted by molar-refractivity contribution is 5.84. The second kappa shape index (κ2) is 9.49. The number of halogens is 1. The number of carbonyl (C=O) groups is 1. The van der Waals surface area contributed by atoms with Gasteiger partial charge in [0.1, 0.15) is 29.0 Å². The third-order valence-electron chi connectivity index (χ3n) is 6.72. The van der Waals surface area contributed by atoms with Crippen molar-refractivity contribution in [2.75, 3.05) is 0 Å². The molecular formula is C26H32FNO4. The van der Waals surface area contributed by atoms with Crippen molar-refractivity contribution in [3.63, 3.8) is 0 Å². The van der Waals surface area contributed by atoms with Gasteiger partial charge in [-0.25, -0.2) is 4.39 Å². The zero-order chi connectivity index (χ0) is 22.7. The number of rotatable bonds is 6. The predicted molar refractivity (Wildman–Crippen MR) is 120 cm³/mol. The number of aliphatic hydroxyl groups is 1. The molecule has 2 atom stereocenters. The van der Waals surface area contributed by atoms with Gasteiger partial charge >= 0.3 is 0 Å². The number of aryl methyl sites for hydroxylation is 1. The van der Waals surface area contributed by atoms with Crippen LogP contribution in [-0.2, 0) is 11.2 Å². The number of carbonyl (C=O) groups excluding carboxylic acids is 1. The molecule has 1 amide bonds. The first-order chi connectivity index (χ1) is 15.4. The molecule has 1 aliphatic carbocycles. The third kappa shape index (κ3) is 5.07. The minimum absolute atomic E-state index is 0.0765. The standard InChI is InChI=1S/C26H32FNO4/c1-3-26(2,30)25(29)28-18-9-11-19(12-10-18)31-20-13-15-23-17(16-20)8-14-24(32-23)21-6-4-5-7-22(21)27/h4-7,13,15-16,18-19,24,30H,3,8-12,14H2,1-2H3,(H,28,29). The lowest BCUT2D eigenvalue weighted by atomic mass is 9.91. The average Bonchev–Trinajstić information content (AvgIpc) is 2.80. The zero-order valence-electron chi connectivity index (χ0n) is 18.8. The van der Waals surface area contributed by atoms with E-state index < -0.39 is 5.60 Å². The van der Waals surface area contributed by atoms with Crippen molar-refractivity contribution in [1.82, 2.24) is 5.32 Å². The Balaban J connectivity index is 1.31. The van der Waals surface area contributed by atoms with E-state index in [4.69, 9.17) is 9.47 Å². The lowest BCUT2D eigenvalue weighted by Gasteiger charge is -2.32. The van der Waals surface area contributed by atoms with E-state index in [2.05, 4.69) is 5.32 Å². The molecule has 0 spiro atoms. The molecule has 2 unspecified atom stereocenters. The second-order valence-electron chi connectivity index (χ2n) is 9.13. The molecule has 1 aliphatic heterocycles. The Kier molecular flexibility index (Phi) is 6.70. The first kappa shape index (κ1) is 22.6. The minimum Gasteiger partial charge on any atom is -0.490 e. The second-order valence-corrected chi connectivity index (χ2v) is 9.13. The topological polar surface area (TPSA) is 67.8 Å². The van der Waals surface area contributed by atoms with E-state index in [-0.39, 0.29) is 30.0 Å². The summed E-state index contributed by atoms with van der Waals surface area (Å²) >= 11 is 0. The summed E-state index contributed by atoms with van der Waals surface area (Å²) < 4.78 is 26.4. The maximum Gasteiger partial charge on any atom is 0.251 e. The van der Waals surface area contributed by atoms with Gasteiger partial charge < -0.3 is 19.9 Å². The monoisotopic (exact) mass is 441 g/mol. The summed E-state index contributed by atoms with van der Waals surface area (Å²) in [4.78, 5) is 12.2. The van der Waals surface area contributed by atoms with E-state index in [1.54, 1.807) is 26.0 Å². The Morgan fingerprint density at radius 1 is 1.19 bits per heavy atom. The van der Waals surface area contributed by atoms with Crippen molar-refractivity contribution in [1.29, 1.82) is 0 Å². The normalized spacial score (nSPS) is 24.6. The number of benzene rings is 2. The molecule has 0 radical (unpaired) electrons. The quantitative estimate of drug-likeness (QED) is 0.672. The highest BCUT2D eigenvalue weighted by Gasteiger charge is 2.31. The molecule has 32 heavy (non-hydrogen) atoms. The summed E-state index contributed by atoms with van der Waals surface area (Å²) in [6, 6.07) is 12.7. The van der Waals surface area contributed by atoms with Crippen LogP contribution in [0.4, 0.5) is 4.39 Å². The van der Waals surface area contributed by atoms with Crippen LogP contribution in [0.15, 0.2) is 42.5 Å². The Morgan fingerprint density at radius 3 is 2.66 bits per heavy atom. The average molecular weight is 442 g/mol. The minimum atomic E-state index is -1.32. The lowest BCUT2D eigenvalue weighted by molar-refractivity contribution is -0.139. The largest absolute Gasteiger partial charge is 0.490 e. The molecule has 1 fully saturated rings. The van der Waals surface area contributed by atoms with Crippen LogP contribution in [0.1, 0.15) is 69.6 Å². The molecule has 2 aliphatic rings. The van der Waals surface area contributed by atoms with Crippen LogP contribution in [0.2, 0.25) is 0 Å². The lowest BCUT2D eigenvalue weighted by Crippen LogP contribution is -2.49. The van der Waals surface area contributed by atoms with Crippen molar-refractivity contribution in [3.05, 3.63) is 59.4 Å². The number of fused-ring (bicyclic) bond motifs is 1. The number of ether oxygens (including phenoxy) is 2. The SMILES string of the molecule is CCC(C)(O)C(=O)NC1CCC(Oc2ccc3c(c2)CCC(c2ccccc2F)O3)CC1. The molecule has 2 aromatic rings. The fourth-order valence-electron chi connectivity index (χ4n) is 4.41. The van der Waals surface area contributed by atoms with Crippen molar-refractivity contribution in [2.24, 2.45) is 0 Å². The van der Waals surface area contributed by atoms with Gasteiger partial charge in [-0.1, -0.05) is 25.1 Å². The zero-order valence-corrected chi connectivity index (χ0v) is 18.8. The van der Waals surface area contributed by atoms with Crippen molar-refractivity contribution in [3.8, 4) is 11.5 Å². The van der Waals surface area contributed by atoms with Gasteiger partial charge in [-0.05, 0) is 81.7 Å². The summed E-state index contributed by atoms with van der Waals surface area (Å²) in [5, 5.41) is 13.1. The Bertz CT molecular complexity index is 953. The van der Waals surface area contributed by atoms with Crippen molar-refractivity contribution in [2.45, 2.75) is 82.6 Å². The first-order valence-electron chi connectivity index (χ1n) is 11.6. The van der Waals surface area contributed by atoms with Gasteiger partial charge in [0.15, 0.2) is 0 Å². The van der Waals surface area contributed by atoms with Gasteiger partial charge in [0.05, 0.1) is 6.10 Å². The molecule has 2 N–H and O–H groups in total. The summed E-state index contributed by atoms with van der Waals surface area (Å²) in [6.07, 6.45) is 5.11. The van der Waals surface area contributed by atoms with Crippen LogP contribution in [0.3, 0.4) is 0 Å². The molecular weight excluding hydrogens is 409 g/mol. The Hall–Kier alpha value is -2.60. The molecule has 0 saturated heterocycles. The van der Waals surface area contributed by atoms with Gasteiger partial charge in [0, 0.05) is 11.6 Å². The van der Waals surface area contributed by atoms with Crippen LogP contribution in [0.5, 0.6) is 11.5 Å². The molecule has 5 nitrogen and oxygen atoms in total. The van der Waals surface area contributed by atoms with Crippen LogP contribution < -0.4 is 14.8 Å². The predicted octanol–water partition coefficient (Wildman–Crippen LogP) is 4.86. The Morgan fingerprint density at radius 2 is 1.94 bits per heavy atom. The van der Waals surface area contributed by atoms with E-state index in [9.17, 15) is 14.3 Å². The van der Waals surface area contributed by atoms with E-state index in [0.717, 1.165) is 55.6 Å². The fraction of sp³-hybridized carbons (Fsp3) is 0.500. The van der Waals surface area contributed by atoms with Gasteiger partial charge in [0.25, 0.3) is 5.91 Å². The molecule has 172 valence electrons. The maximum absolute atomic E-state index is 14.1. The van der Waals surface area contributed by atoms with E-state index in [1.165, 1.54) is 6.07 Å². The fourth-order valence-corrected chi connectivity index (χ4v) is 4.41. The van der Waals surface area contributed by atoms with E-state index in [1.807, 2.05) is 24.3 Å². The first-order valence-corrected chi connectivity index (χ1v) is 11.6. The van der Waals surface area contributed by atoms with Crippen LogP contribution >= 0.6 is 0 Å². The number of hydrogen-bond acceptors (Lipinski definition) is 4. The number of nitrogens with one attached hydrogen (secondary N) is 1. The van der Waals surface area contributed by atoms with Crippen LogP contribution in [-0.4, -0.2) is 28.8 Å². The Labute approximate surface area is 188 Å². The molecule has 4 rings (SSSR count). The smallest absolute Gasteiger partial charge is 0.251 e. The van der Waals surface area contributed by atoms with Crippen LogP contribution in [0.25, 0.3) is 0 Å². The summed E-state index contributed by atoms with van der Waals surface area (Å²) in [6.45, 7) is 3.35. The van der Waals surface area contributed by atoms with Crippen molar-refractivity contribution >= 4 is 5.91 Å². The molecule has 0 bridgehead atoms. The summed E-state index contributed by atoms with van der Waals surface area (Å²) in [5.74, 6) is 1.07. The van der Waals surface area contributed by atoms with Crippen molar-refractivity contribution < 1.29 is 23.8 Å². The van der Waals surface area contributed by atoms with Gasteiger partial charge in [-0.15, -0.1) is 0 Å².